The van der Waals surface area contributed by atoms with Crippen LogP contribution in [0, 0.1) is 0 Å². The van der Waals surface area contributed by atoms with Crippen molar-refractivity contribution >= 4 is 11.6 Å². The minimum atomic E-state index is -0.243. The van der Waals surface area contributed by atoms with Gasteiger partial charge in [0.2, 0.25) is 0 Å². The van der Waals surface area contributed by atoms with Gasteiger partial charge in [0.15, 0.2) is 5.71 Å². The molecule has 0 saturated carbocycles. The van der Waals surface area contributed by atoms with E-state index in [2.05, 4.69) is 15.3 Å². The fraction of sp³-hybridized carbons (Fsp3) is 0.500. The van der Waals surface area contributed by atoms with Crippen molar-refractivity contribution in [3.63, 3.8) is 0 Å². The van der Waals surface area contributed by atoms with Crippen molar-refractivity contribution in [2.75, 3.05) is 14.2 Å². The summed E-state index contributed by atoms with van der Waals surface area (Å²) in [6.45, 7) is 3.64. The Morgan fingerprint density at radius 3 is 2.50 bits per heavy atom. The van der Waals surface area contributed by atoms with Gasteiger partial charge in [0, 0.05) is 7.05 Å². The topological polar surface area (TPSA) is 50.7 Å². The van der Waals surface area contributed by atoms with E-state index in [4.69, 9.17) is 0 Å². The summed E-state index contributed by atoms with van der Waals surface area (Å²) >= 11 is 0. The molecule has 0 aliphatic carbocycles. The van der Waals surface area contributed by atoms with E-state index in [1.54, 1.807) is 20.0 Å². The van der Waals surface area contributed by atoms with E-state index in [1.165, 1.54) is 7.11 Å². The molecule has 68 valence electrons. The highest BCUT2D eigenvalue weighted by Gasteiger charge is 2.11. The number of carbonyl (C=O) groups is 1. The Morgan fingerprint density at radius 2 is 2.17 bits per heavy atom. The van der Waals surface area contributed by atoms with E-state index in [1.807, 2.05) is 6.92 Å². The summed E-state index contributed by atoms with van der Waals surface area (Å²) < 4.78 is 0. The third-order valence-corrected chi connectivity index (χ3v) is 1.43. The molecule has 12 heavy (non-hydrogen) atoms. The van der Waals surface area contributed by atoms with Crippen molar-refractivity contribution in [3.05, 3.63) is 11.6 Å². The first-order valence-corrected chi connectivity index (χ1v) is 3.63. The van der Waals surface area contributed by atoms with Gasteiger partial charge in [-0.2, -0.15) is 0 Å². The number of hydrogen-bond donors (Lipinski definition) is 1. The van der Waals surface area contributed by atoms with Crippen LogP contribution in [0.4, 0.5) is 0 Å². The van der Waals surface area contributed by atoms with Crippen LogP contribution in [0.1, 0.15) is 13.8 Å². The second-order valence-electron chi connectivity index (χ2n) is 2.17. The molecule has 1 amide bonds. The molecule has 0 aliphatic heterocycles. The quantitative estimate of drug-likeness (QED) is 0.500. The van der Waals surface area contributed by atoms with Gasteiger partial charge >= 0.3 is 0 Å². The lowest BCUT2D eigenvalue weighted by atomic mass is 10.1. The molecule has 0 radical (unpaired) electrons. The molecule has 0 fully saturated rings. The van der Waals surface area contributed by atoms with Gasteiger partial charge in [-0.05, 0) is 19.4 Å². The largest absolute Gasteiger partial charge is 0.398 e. The standard InChI is InChI=1S/C8H14N2O2/c1-5-6(2)7(10-12-4)8(11)9-3/h5H,1-4H3,(H,9,11). The Balaban J connectivity index is 4.68. The molecular weight excluding hydrogens is 156 g/mol. The summed E-state index contributed by atoms with van der Waals surface area (Å²) in [4.78, 5) is 15.7. The Morgan fingerprint density at radius 1 is 1.58 bits per heavy atom. The lowest BCUT2D eigenvalue weighted by Crippen LogP contribution is -2.28. The average Bonchev–Trinajstić information content (AvgIpc) is 2.11. The third-order valence-electron chi connectivity index (χ3n) is 1.43. The lowest BCUT2D eigenvalue weighted by molar-refractivity contribution is -0.114. The number of nitrogens with one attached hydrogen (secondary N) is 1. The van der Waals surface area contributed by atoms with Crippen molar-refractivity contribution in [2.45, 2.75) is 13.8 Å². The van der Waals surface area contributed by atoms with E-state index in [0.717, 1.165) is 5.57 Å². The molecule has 0 aromatic heterocycles. The van der Waals surface area contributed by atoms with Gasteiger partial charge in [-0.25, -0.2) is 0 Å². The van der Waals surface area contributed by atoms with Crippen LogP contribution >= 0.6 is 0 Å². The molecule has 0 aliphatic rings. The first-order valence-electron chi connectivity index (χ1n) is 3.63. The van der Waals surface area contributed by atoms with Crippen molar-refractivity contribution in [1.29, 1.82) is 0 Å². The summed E-state index contributed by atoms with van der Waals surface area (Å²) in [5.41, 5.74) is 1.10. The van der Waals surface area contributed by atoms with Crippen molar-refractivity contribution in [2.24, 2.45) is 5.16 Å². The minimum Gasteiger partial charge on any atom is -0.398 e. The van der Waals surface area contributed by atoms with Gasteiger partial charge < -0.3 is 10.2 Å². The molecule has 1 N–H and O–H groups in total. The van der Waals surface area contributed by atoms with Gasteiger partial charge in [0.05, 0.1) is 0 Å². The molecule has 0 rings (SSSR count). The summed E-state index contributed by atoms with van der Waals surface area (Å²) in [6, 6.07) is 0. The van der Waals surface area contributed by atoms with E-state index >= 15 is 0 Å². The second kappa shape index (κ2) is 5.35. The van der Waals surface area contributed by atoms with Crippen molar-refractivity contribution in [3.8, 4) is 0 Å². The predicted octanol–water partition coefficient (Wildman–Crippen LogP) is 0.701. The first-order chi connectivity index (χ1) is 5.67. The molecule has 0 aromatic carbocycles. The van der Waals surface area contributed by atoms with Crippen LogP contribution in [-0.2, 0) is 9.63 Å². The molecule has 4 nitrogen and oxygen atoms in total. The first kappa shape index (κ1) is 10.7. The molecule has 0 unspecified atom stereocenters. The molecule has 0 spiro atoms. The van der Waals surface area contributed by atoms with Crippen LogP contribution in [0.15, 0.2) is 16.8 Å². The Labute approximate surface area is 72.3 Å². The van der Waals surface area contributed by atoms with E-state index in [0.29, 0.717) is 5.71 Å². The maximum Gasteiger partial charge on any atom is 0.273 e. The van der Waals surface area contributed by atoms with E-state index in [-0.39, 0.29) is 5.91 Å². The smallest absolute Gasteiger partial charge is 0.273 e. The molecule has 0 heterocycles. The van der Waals surface area contributed by atoms with Gasteiger partial charge in [0.1, 0.15) is 7.11 Å². The van der Waals surface area contributed by atoms with Crippen LogP contribution in [0.25, 0.3) is 0 Å². The van der Waals surface area contributed by atoms with Gasteiger partial charge in [-0.3, -0.25) is 4.79 Å². The Kier molecular flexibility index (Phi) is 4.76. The van der Waals surface area contributed by atoms with Crippen LogP contribution < -0.4 is 5.32 Å². The van der Waals surface area contributed by atoms with Crippen molar-refractivity contribution in [1.82, 2.24) is 5.32 Å². The predicted molar refractivity (Wildman–Crippen MR) is 47.9 cm³/mol. The van der Waals surface area contributed by atoms with Crippen molar-refractivity contribution < 1.29 is 9.63 Å². The highest BCUT2D eigenvalue weighted by molar-refractivity contribution is 6.44. The van der Waals surface area contributed by atoms with Gasteiger partial charge in [-0.15, -0.1) is 0 Å². The molecule has 0 saturated heterocycles. The van der Waals surface area contributed by atoms with Crippen LogP contribution in [-0.4, -0.2) is 25.8 Å². The number of nitrogens with zero attached hydrogens (tertiary/aromatic N) is 1. The fourth-order valence-electron chi connectivity index (χ4n) is 0.639. The molecule has 0 bridgehead atoms. The molecule has 0 aromatic rings. The Bertz CT molecular complexity index is 219. The summed E-state index contributed by atoms with van der Waals surface area (Å²) in [5, 5.41) is 6.08. The normalized spacial score (nSPS) is 12.7. The molecule has 0 atom stereocenters. The van der Waals surface area contributed by atoms with Crippen LogP contribution in [0.3, 0.4) is 0 Å². The highest BCUT2D eigenvalue weighted by Crippen LogP contribution is 1.97. The SMILES string of the molecule is CC=C(C)C(=NOC)C(=O)NC. The number of amides is 1. The summed E-state index contributed by atoms with van der Waals surface area (Å²) in [6.07, 6.45) is 1.80. The number of hydrogen-bond acceptors (Lipinski definition) is 3. The van der Waals surface area contributed by atoms with Gasteiger partial charge in [0.25, 0.3) is 5.91 Å². The number of rotatable bonds is 3. The highest BCUT2D eigenvalue weighted by atomic mass is 16.6. The third kappa shape index (κ3) is 2.74. The van der Waals surface area contributed by atoms with Crippen LogP contribution in [0.5, 0.6) is 0 Å². The number of carbonyl (C=O) groups excluding carboxylic acids is 1. The number of oxime groups is 1. The monoisotopic (exact) mass is 170 g/mol. The number of allylic oxidation sites excluding steroid dienone is 1. The van der Waals surface area contributed by atoms with Crippen LogP contribution in [0.2, 0.25) is 0 Å². The molecule has 4 heteroatoms. The fourth-order valence-corrected chi connectivity index (χ4v) is 0.639. The van der Waals surface area contributed by atoms with E-state index in [9.17, 15) is 4.79 Å². The zero-order chi connectivity index (χ0) is 9.56. The summed E-state index contributed by atoms with van der Waals surface area (Å²) in [5.74, 6) is -0.243. The van der Waals surface area contributed by atoms with Gasteiger partial charge in [-0.1, -0.05) is 11.2 Å². The maximum atomic E-state index is 11.1. The Hall–Kier alpha value is -1.32. The van der Waals surface area contributed by atoms with E-state index < -0.39 is 0 Å². The lowest BCUT2D eigenvalue weighted by Gasteiger charge is -2.02. The summed E-state index contributed by atoms with van der Waals surface area (Å²) in [7, 11) is 2.96. The second-order valence-corrected chi connectivity index (χ2v) is 2.17. The minimum absolute atomic E-state index is 0.243. The molecular formula is C8H14N2O2. The maximum absolute atomic E-state index is 11.1. The zero-order valence-electron chi connectivity index (χ0n) is 7.84. The zero-order valence-corrected chi connectivity index (χ0v) is 7.84. The average molecular weight is 170 g/mol.